The van der Waals surface area contributed by atoms with E-state index >= 15 is 0 Å². The Hall–Kier alpha value is -1.75. The van der Waals surface area contributed by atoms with Gasteiger partial charge in [0, 0.05) is 25.4 Å². The first kappa shape index (κ1) is 25.5. The van der Waals surface area contributed by atoms with Gasteiger partial charge in [-0.1, -0.05) is 31.6 Å². The summed E-state index contributed by atoms with van der Waals surface area (Å²) in [4.78, 5) is 19.5. The highest BCUT2D eigenvalue weighted by molar-refractivity contribution is 5.72. The van der Waals surface area contributed by atoms with Crippen molar-refractivity contribution in [3.05, 3.63) is 41.7 Å². The second-order valence-electron chi connectivity index (χ2n) is 13.3. The fourth-order valence-electron chi connectivity index (χ4n) is 9.63. The lowest BCUT2D eigenvalue weighted by atomic mass is 9.47. The van der Waals surface area contributed by atoms with Gasteiger partial charge in [0.1, 0.15) is 12.8 Å². The fraction of sp³-hybridized carbons (Fsp3) is 0.750. The van der Waals surface area contributed by atoms with Gasteiger partial charge in [0.2, 0.25) is 0 Å². The Bertz CT molecular complexity index is 1010. The molecule has 0 spiro atoms. The van der Waals surface area contributed by atoms with Gasteiger partial charge in [-0.25, -0.2) is 4.39 Å². The van der Waals surface area contributed by atoms with Crippen LogP contribution in [0.3, 0.4) is 0 Å². The number of carbonyl (C=O) groups is 1. The molecule has 0 N–H and O–H groups in total. The number of esters is 1. The normalized spacial score (nSPS) is 40.3. The lowest BCUT2D eigenvalue weighted by molar-refractivity contribution is -0.158. The predicted molar refractivity (Wildman–Crippen MR) is 144 cm³/mol. The van der Waals surface area contributed by atoms with E-state index in [4.69, 9.17) is 4.74 Å². The minimum Gasteiger partial charge on any atom is -0.462 e. The lowest BCUT2D eigenvalue weighted by Crippen LogP contribution is -2.50. The Kier molecular flexibility index (Phi) is 6.96. The van der Waals surface area contributed by atoms with E-state index in [0.29, 0.717) is 17.9 Å². The van der Waals surface area contributed by atoms with Gasteiger partial charge in [-0.15, -0.1) is 0 Å². The van der Waals surface area contributed by atoms with Crippen molar-refractivity contribution in [2.24, 2.45) is 34.5 Å². The largest absolute Gasteiger partial charge is 0.462 e. The van der Waals surface area contributed by atoms with Crippen LogP contribution in [0.1, 0.15) is 89.5 Å². The van der Waals surface area contributed by atoms with Gasteiger partial charge in [-0.05, 0) is 117 Å². The summed E-state index contributed by atoms with van der Waals surface area (Å²) in [7, 11) is 0. The summed E-state index contributed by atoms with van der Waals surface area (Å²) < 4.78 is 18.8. The van der Waals surface area contributed by atoms with Crippen LogP contribution in [0.4, 0.5) is 4.39 Å². The number of nitrogens with zero attached hydrogens (tertiary/aromatic N) is 2. The van der Waals surface area contributed by atoms with E-state index in [1.807, 2.05) is 6.20 Å². The molecule has 5 heteroatoms. The van der Waals surface area contributed by atoms with E-state index in [1.54, 1.807) is 5.57 Å². The molecule has 0 bridgehead atoms. The number of pyridine rings is 1. The van der Waals surface area contributed by atoms with E-state index in [9.17, 15) is 9.18 Å². The third-order valence-corrected chi connectivity index (χ3v) is 11.7. The highest BCUT2D eigenvalue weighted by Gasteiger charge is 2.59. The van der Waals surface area contributed by atoms with Gasteiger partial charge in [0.05, 0.1) is 5.92 Å². The Morgan fingerprint density at radius 1 is 1.11 bits per heavy atom. The summed E-state index contributed by atoms with van der Waals surface area (Å²) in [5.74, 6) is 2.95. The van der Waals surface area contributed by atoms with Gasteiger partial charge < -0.3 is 9.64 Å². The van der Waals surface area contributed by atoms with Gasteiger partial charge in [0.15, 0.2) is 0 Å². The van der Waals surface area contributed by atoms with Crippen LogP contribution in [0.25, 0.3) is 0 Å². The van der Waals surface area contributed by atoms with E-state index in [-0.39, 0.29) is 30.1 Å². The summed E-state index contributed by atoms with van der Waals surface area (Å²) in [5.41, 5.74) is 3.66. The molecule has 1 aliphatic heterocycles. The van der Waals surface area contributed by atoms with Gasteiger partial charge >= 0.3 is 5.97 Å². The molecule has 5 aliphatic rings. The third kappa shape index (κ3) is 4.47. The molecule has 4 fully saturated rings. The van der Waals surface area contributed by atoms with Crippen molar-refractivity contribution in [2.45, 2.75) is 90.1 Å². The Morgan fingerprint density at radius 3 is 2.70 bits per heavy atom. The summed E-state index contributed by atoms with van der Waals surface area (Å²) in [6.07, 6.45) is 17.8. The van der Waals surface area contributed by atoms with Gasteiger partial charge in [-0.2, -0.15) is 0 Å². The summed E-state index contributed by atoms with van der Waals surface area (Å²) in [5, 5.41) is 0. The summed E-state index contributed by atoms with van der Waals surface area (Å²) in [6.45, 7) is 6.91. The Labute approximate surface area is 222 Å². The number of hydrogen-bond acceptors (Lipinski definition) is 4. The molecule has 1 aromatic rings. The van der Waals surface area contributed by atoms with Crippen molar-refractivity contribution in [3.63, 3.8) is 0 Å². The number of carbonyl (C=O) groups excluding carboxylic acids is 1. The van der Waals surface area contributed by atoms with E-state index in [1.165, 1.54) is 37.7 Å². The monoisotopic (exact) mass is 508 g/mol. The highest BCUT2D eigenvalue weighted by Crippen LogP contribution is 2.68. The molecule has 4 nitrogen and oxygen atoms in total. The summed E-state index contributed by atoms with van der Waals surface area (Å²) >= 11 is 0. The zero-order valence-electron chi connectivity index (χ0n) is 22.8. The first-order chi connectivity index (χ1) is 17.9. The zero-order chi connectivity index (χ0) is 25.6. The van der Waals surface area contributed by atoms with E-state index < -0.39 is 0 Å². The third-order valence-electron chi connectivity index (χ3n) is 11.7. The minimum absolute atomic E-state index is 0.0105. The Morgan fingerprint density at radius 2 is 1.95 bits per heavy atom. The molecule has 202 valence electrons. The number of allylic oxidation sites excluding steroid dienone is 1. The molecule has 2 heterocycles. The maximum Gasteiger partial charge on any atom is 0.309 e. The molecule has 1 aromatic heterocycles. The van der Waals surface area contributed by atoms with Crippen molar-refractivity contribution in [1.82, 2.24) is 9.88 Å². The smallest absolute Gasteiger partial charge is 0.309 e. The number of alkyl halides is 1. The maximum absolute atomic E-state index is 13.0. The van der Waals surface area contributed by atoms with Crippen molar-refractivity contribution >= 4 is 5.97 Å². The fourth-order valence-corrected chi connectivity index (χ4v) is 9.63. The lowest BCUT2D eigenvalue weighted by Gasteiger charge is -2.58. The zero-order valence-corrected chi connectivity index (χ0v) is 22.8. The predicted octanol–water partition coefficient (Wildman–Crippen LogP) is 6.72. The number of aromatic nitrogens is 1. The molecule has 0 amide bonds. The number of fused-ring (bicyclic) bond motifs is 5. The topological polar surface area (TPSA) is 42.4 Å². The van der Waals surface area contributed by atoms with Crippen LogP contribution in [0.5, 0.6) is 0 Å². The van der Waals surface area contributed by atoms with Crippen molar-refractivity contribution < 1.29 is 13.9 Å². The molecule has 7 atom stereocenters. The van der Waals surface area contributed by atoms with Gasteiger partial charge in [-0.3, -0.25) is 9.78 Å². The van der Waals surface area contributed by atoms with Crippen LogP contribution in [0.2, 0.25) is 0 Å². The molecule has 3 saturated carbocycles. The second kappa shape index (κ2) is 10.1. The number of hydrogen-bond donors (Lipinski definition) is 0. The van der Waals surface area contributed by atoms with Crippen molar-refractivity contribution in [3.8, 4) is 0 Å². The average Bonchev–Trinajstić information content (AvgIpc) is 3.27. The molecule has 0 aromatic carbocycles. The minimum atomic E-state index is -0.308. The van der Waals surface area contributed by atoms with Crippen molar-refractivity contribution in [1.29, 1.82) is 0 Å². The maximum atomic E-state index is 13.0. The van der Waals surface area contributed by atoms with E-state index in [0.717, 1.165) is 62.9 Å². The number of piperidine rings is 1. The van der Waals surface area contributed by atoms with Gasteiger partial charge in [0.25, 0.3) is 0 Å². The molecule has 5 unspecified atom stereocenters. The number of rotatable bonds is 5. The van der Waals surface area contributed by atoms with Crippen LogP contribution in [0, 0.1) is 34.5 Å². The average molecular weight is 509 g/mol. The van der Waals surface area contributed by atoms with Crippen LogP contribution >= 0.6 is 0 Å². The number of halogens is 1. The van der Waals surface area contributed by atoms with E-state index in [2.05, 4.69) is 48.1 Å². The first-order valence-electron chi connectivity index (χ1n) is 15.0. The molecular weight excluding hydrogens is 463 g/mol. The molecule has 4 aliphatic carbocycles. The SMILES string of the molecule is CC12CCC(OC(=O)C3CCN(CCF)CC3)CC1=CCC1[C@@H]2CCC2(C)C(c3cccnc3)CC[C@@H]12. The molecule has 6 rings (SSSR count). The standard InChI is InChI=1S/C32H45FN2O2/c1-31-13-9-25(37-30(36)22-11-17-35(18-12-22)19-15-33)20-24(31)5-6-26-28-8-7-27(23-4-3-16-34-21-23)32(28,2)14-10-29(26)31/h3-5,16,21-22,25-29H,6-15,17-20H2,1-2H3/t25?,26?,27?,28-,29-,31?,32?/m0/s1. The number of likely N-dealkylation sites (tertiary alicyclic amines) is 1. The van der Waals surface area contributed by atoms with Crippen LogP contribution < -0.4 is 0 Å². The molecule has 37 heavy (non-hydrogen) atoms. The first-order valence-corrected chi connectivity index (χ1v) is 15.0. The summed E-state index contributed by atoms with van der Waals surface area (Å²) in [6, 6.07) is 4.41. The molecular formula is C32H45FN2O2. The van der Waals surface area contributed by atoms with Crippen molar-refractivity contribution in [2.75, 3.05) is 26.3 Å². The second-order valence-corrected chi connectivity index (χ2v) is 13.3. The quantitative estimate of drug-likeness (QED) is 0.327. The molecule has 0 radical (unpaired) electrons. The van der Waals surface area contributed by atoms with Crippen LogP contribution in [0.15, 0.2) is 36.2 Å². The highest BCUT2D eigenvalue weighted by atomic mass is 19.1. The van der Waals surface area contributed by atoms with Crippen LogP contribution in [-0.2, 0) is 9.53 Å². The molecule has 1 saturated heterocycles. The van der Waals surface area contributed by atoms with Crippen LogP contribution in [-0.4, -0.2) is 48.3 Å². The Balaban J connectivity index is 1.11. The number of ether oxygens (including phenoxy) is 1.